The summed E-state index contributed by atoms with van der Waals surface area (Å²) in [6, 6.07) is 0. The lowest BCUT2D eigenvalue weighted by Crippen LogP contribution is -2.43. The standard InChI is InChI=1S/C13H21NO4/c1-3-8-17-12(15)11-6-5-7-14(10-11)13(16)18-9-4-2/h4,11H,2-3,5-10H2,1H3. The molecule has 0 bridgehead atoms. The Balaban J connectivity index is 2.42. The number of carbonyl (C=O) groups excluding carboxylic acids is 2. The van der Waals surface area contributed by atoms with Crippen LogP contribution in [0.15, 0.2) is 12.7 Å². The molecule has 1 fully saturated rings. The first-order chi connectivity index (χ1) is 8.69. The molecular weight excluding hydrogens is 234 g/mol. The van der Waals surface area contributed by atoms with Gasteiger partial charge in [0.05, 0.1) is 12.5 Å². The lowest BCUT2D eigenvalue weighted by molar-refractivity contribution is -0.150. The molecule has 0 radical (unpaired) electrons. The molecule has 1 saturated heterocycles. The van der Waals surface area contributed by atoms with Gasteiger partial charge >= 0.3 is 12.1 Å². The number of nitrogens with zero attached hydrogens (tertiary/aromatic N) is 1. The second kappa shape index (κ2) is 7.74. The molecule has 1 atom stereocenters. The van der Waals surface area contributed by atoms with Crippen molar-refractivity contribution in [2.75, 3.05) is 26.3 Å². The number of likely N-dealkylation sites (tertiary alicyclic amines) is 1. The maximum atomic E-state index is 11.7. The topological polar surface area (TPSA) is 55.8 Å². The van der Waals surface area contributed by atoms with Gasteiger partial charge in [-0.15, -0.1) is 0 Å². The van der Waals surface area contributed by atoms with Crippen LogP contribution in [0.3, 0.4) is 0 Å². The Kier molecular flexibility index (Phi) is 6.25. The van der Waals surface area contributed by atoms with Gasteiger partial charge in [-0.1, -0.05) is 19.6 Å². The monoisotopic (exact) mass is 255 g/mol. The zero-order valence-corrected chi connectivity index (χ0v) is 10.9. The highest BCUT2D eigenvalue weighted by atomic mass is 16.6. The van der Waals surface area contributed by atoms with Crippen molar-refractivity contribution in [2.24, 2.45) is 5.92 Å². The van der Waals surface area contributed by atoms with Crippen molar-refractivity contribution in [2.45, 2.75) is 26.2 Å². The number of esters is 1. The fourth-order valence-corrected chi connectivity index (χ4v) is 1.88. The molecule has 1 rings (SSSR count). The lowest BCUT2D eigenvalue weighted by Gasteiger charge is -2.30. The van der Waals surface area contributed by atoms with Crippen LogP contribution in [0.25, 0.3) is 0 Å². The Morgan fingerprint density at radius 2 is 2.22 bits per heavy atom. The summed E-state index contributed by atoms with van der Waals surface area (Å²) in [4.78, 5) is 24.9. The second-order valence-electron chi connectivity index (χ2n) is 4.32. The number of ether oxygens (including phenoxy) is 2. The quantitative estimate of drug-likeness (QED) is 0.556. The summed E-state index contributed by atoms with van der Waals surface area (Å²) in [5.74, 6) is -0.431. The van der Waals surface area contributed by atoms with Crippen molar-refractivity contribution >= 4 is 12.1 Å². The molecule has 0 aromatic carbocycles. The van der Waals surface area contributed by atoms with E-state index in [2.05, 4.69) is 6.58 Å². The number of amides is 1. The fourth-order valence-electron chi connectivity index (χ4n) is 1.88. The maximum Gasteiger partial charge on any atom is 0.410 e. The van der Waals surface area contributed by atoms with Crippen LogP contribution >= 0.6 is 0 Å². The van der Waals surface area contributed by atoms with Crippen LogP contribution in [0.5, 0.6) is 0 Å². The molecule has 1 heterocycles. The van der Waals surface area contributed by atoms with Gasteiger partial charge in [0, 0.05) is 13.1 Å². The molecule has 0 aliphatic carbocycles. The molecule has 1 aliphatic rings. The van der Waals surface area contributed by atoms with E-state index in [0.29, 0.717) is 19.7 Å². The molecule has 1 unspecified atom stereocenters. The van der Waals surface area contributed by atoms with E-state index in [1.807, 2.05) is 6.92 Å². The van der Waals surface area contributed by atoms with E-state index < -0.39 is 0 Å². The zero-order valence-electron chi connectivity index (χ0n) is 10.9. The highest BCUT2D eigenvalue weighted by Gasteiger charge is 2.29. The van der Waals surface area contributed by atoms with Gasteiger partial charge in [0.15, 0.2) is 0 Å². The van der Waals surface area contributed by atoms with Crippen LogP contribution in [-0.4, -0.2) is 43.3 Å². The SMILES string of the molecule is C=CCOC(=O)N1CCCC(C(=O)OCCC)C1. The second-order valence-corrected chi connectivity index (χ2v) is 4.32. The molecule has 102 valence electrons. The predicted octanol–water partition coefficient (Wildman–Crippen LogP) is 1.97. The van der Waals surface area contributed by atoms with Gasteiger partial charge in [0.1, 0.15) is 6.61 Å². The van der Waals surface area contributed by atoms with Crippen LogP contribution in [0.4, 0.5) is 4.79 Å². The zero-order chi connectivity index (χ0) is 13.4. The summed E-state index contributed by atoms with van der Waals surface area (Å²) in [6.45, 7) is 7.09. The van der Waals surface area contributed by atoms with Crippen LogP contribution in [0.2, 0.25) is 0 Å². The van der Waals surface area contributed by atoms with Gasteiger partial charge in [-0.25, -0.2) is 4.79 Å². The Morgan fingerprint density at radius 3 is 2.89 bits per heavy atom. The Morgan fingerprint density at radius 1 is 1.44 bits per heavy atom. The third-order valence-corrected chi connectivity index (χ3v) is 2.79. The van der Waals surface area contributed by atoms with Gasteiger partial charge in [-0.3, -0.25) is 4.79 Å². The van der Waals surface area contributed by atoms with Gasteiger partial charge in [-0.2, -0.15) is 0 Å². The molecule has 5 nitrogen and oxygen atoms in total. The van der Waals surface area contributed by atoms with E-state index in [1.165, 1.54) is 6.08 Å². The van der Waals surface area contributed by atoms with Gasteiger partial charge in [0.2, 0.25) is 0 Å². The van der Waals surface area contributed by atoms with Crippen molar-refractivity contribution < 1.29 is 19.1 Å². The van der Waals surface area contributed by atoms with E-state index in [-0.39, 0.29) is 24.6 Å². The van der Waals surface area contributed by atoms with E-state index in [1.54, 1.807) is 4.90 Å². The number of hydrogen-bond donors (Lipinski definition) is 0. The third kappa shape index (κ3) is 4.39. The van der Waals surface area contributed by atoms with E-state index in [4.69, 9.17) is 9.47 Å². The molecule has 0 aromatic heterocycles. The summed E-state index contributed by atoms with van der Waals surface area (Å²) < 4.78 is 10.1. The molecule has 0 N–H and O–H groups in total. The van der Waals surface area contributed by atoms with Crippen molar-refractivity contribution in [3.8, 4) is 0 Å². The Hall–Kier alpha value is -1.52. The van der Waals surface area contributed by atoms with Crippen molar-refractivity contribution in [1.82, 2.24) is 4.90 Å². The number of carbonyl (C=O) groups is 2. The average molecular weight is 255 g/mol. The molecule has 1 aliphatic heterocycles. The minimum Gasteiger partial charge on any atom is -0.465 e. The smallest absolute Gasteiger partial charge is 0.410 e. The fraction of sp³-hybridized carbons (Fsp3) is 0.692. The van der Waals surface area contributed by atoms with Crippen molar-refractivity contribution in [3.05, 3.63) is 12.7 Å². The number of rotatable bonds is 5. The van der Waals surface area contributed by atoms with E-state index >= 15 is 0 Å². The Labute approximate surface area is 108 Å². The molecular formula is C13H21NO4. The van der Waals surface area contributed by atoms with Crippen LogP contribution in [-0.2, 0) is 14.3 Å². The molecule has 0 spiro atoms. The first-order valence-corrected chi connectivity index (χ1v) is 6.38. The van der Waals surface area contributed by atoms with Crippen molar-refractivity contribution in [1.29, 1.82) is 0 Å². The first kappa shape index (κ1) is 14.5. The van der Waals surface area contributed by atoms with Crippen molar-refractivity contribution in [3.63, 3.8) is 0 Å². The molecule has 18 heavy (non-hydrogen) atoms. The maximum absolute atomic E-state index is 11.7. The molecule has 0 aromatic rings. The van der Waals surface area contributed by atoms with E-state index in [0.717, 1.165) is 19.3 Å². The summed E-state index contributed by atoms with van der Waals surface area (Å²) in [7, 11) is 0. The summed E-state index contributed by atoms with van der Waals surface area (Å²) in [6.07, 6.45) is 3.52. The van der Waals surface area contributed by atoms with Gasteiger partial charge < -0.3 is 14.4 Å². The number of hydrogen-bond acceptors (Lipinski definition) is 4. The molecule has 0 saturated carbocycles. The molecule has 5 heteroatoms. The third-order valence-electron chi connectivity index (χ3n) is 2.79. The summed E-state index contributed by atoms with van der Waals surface area (Å²) >= 11 is 0. The average Bonchev–Trinajstić information content (AvgIpc) is 2.42. The predicted molar refractivity (Wildman–Crippen MR) is 67.1 cm³/mol. The minimum absolute atomic E-state index is 0.195. The highest BCUT2D eigenvalue weighted by Crippen LogP contribution is 2.18. The highest BCUT2D eigenvalue weighted by molar-refractivity contribution is 5.74. The van der Waals surface area contributed by atoms with E-state index in [9.17, 15) is 9.59 Å². The van der Waals surface area contributed by atoms with Gasteiger partial charge in [-0.05, 0) is 19.3 Å². The van der Waals surface area contributed by atoms with Crippen LogP contribution in [0.1, 0.15) is 26.2 Å². The Bertz CT molecular complexity index is 303. The van der Waals surface area contributed by atoms with Crippen LogP contribution in [0, 0.1) is 5.92 Å². The van der Waals surface area contributed by atoms with Gasteiger partial charge in [0.25, 0.3) is 0 Å². The van der Waals surface area contributed by atoms with Crippen LogP contribution < -0.4 is 0 Å². The summed E-state index contributed by atoms with van der Waals surface area (Å²) in [5, 5.41) is 0. The lowest BCUT2D eigenvalue weighted by atomic mass is 9.99. The molecule has 1 amide bonds. The normalized spacial score (nSPS) is 19.2. The largest absolute Gasteiger partial charge is 0.465 e. The minimum atomic E-state index is -0.386. The number of piperidine rings is 1. The summed E-state index contributed by atoms with van der Waals surface area (Å²) in [5.41, 5.74) is 0. The first-order valence-electron chi connectivity index (χ1n) is 6.38.